The highest BCUT2D eigenvalue weighted by molar-refractivity contribution is 5.73. The normalized spacial score (nSPS) is 29.7. The predicted octanol–water partition coefficient (Wildman–Crippen LogP) is 4.92. The summed E-state index contributed by atoms with van der Waals surface area (Å²) in [6, 6.07) is 7.56. The van der Waals surface area contributed by atoms with E-state index in [9.17, 15) is 9.59 Å². The highest BCUT2D eigenvalue weighted by Crippen LogP contribution is 2.65. The number of ether oxygens (including phenoxy) is 6. The van der Waals surface area contributed by atoms with E-state index in [0.29, 0.717) is 45.6 Å². The quantitative estimate of drug-likeness (QED) is 0.335. The van der Waals surface area contributed by atoms with Crippen molar-refractivity contribution < 1.29 is 38.0 Å². The minimum absolute atomic E-state index is 0.0879. The summed E-state index contributed by atoms with van der Waals surface area (Å²) in [4.78, 5) is 28.1. The molecule has 9 nitrogen and oxygen atoms in total. The maximum absolute atomic E-state index is 13.3. The molecule has 9 heteroatoms. The lowest BCUT2D eigenvalue weighted by atomic mass is 9.53. The Labute approximate surface area is 232 Å². The average Bonchev–Trinajstić information content (AvgIpc) is 3.30. The number of methoxy groups -OCH3 is 3. The molecule has 0 N–H and O–H groups in total. The fraction of sp³-hybridized carbons (Fsp3) is 0.733. The van der Waals surface area contributed by atoms with Crippen LogP contribution in [0.25, 0.3) is 0 Å². The van der Waals surface area contributed by atoms with Crippen LogP contribution in [0, 0.1) is 29.1 Å². The van der Waals surface area contributed by atoms with Gasteiger partial charge >= 0.3 is 12.1 Å². The van der Waals surface area contributed by atoms with Gasteiger partial charge in [0.05, 0.1) is 26.2 Å². The first-order valence-corrected chi connectivity index (χ1v) is 14.0. The minimum Gasteiger partial charge on any atom is -0.497 e. The van der Waals surface area contributed by atoms with E-state index in [-0.39, 0.29) is 35.7 Å². The lowest BCUT2D eigenvalue weighted by Gasteiger charge is -2.60. The first-order chi connectivity index (χ1) is 18.5. The van der Waals surface area contributed by atoms with E-state index in [2.05, 4.69) is 0 Å². The van der Waals surface area contributed by atoms with Crippen LogP contribution in [0.15, 0.2) is 24.3 Å². The first kappa shape index (κ1) is 29.5. The van der Waals surface area contributed by atoms with Crippen molar-refractivity contribution in [3.63, 3.8) is 0 Å². The van der Waals surface area contributed by atoms with Crippen molar-refractivity contribution in [1.29, 1.82) is 0 Å². The molecule has 1 saturated heterocycles. The molecule has 1 spiro atoms. The van der Waals surface area contributed by atoms with Crippen molar-refractivity contribution >= 4 is 12.1 Å². The van der Waals surface area contributed by atoms with Gasteiger partial charge in [0, 0.05) is 51.0 Å². The third-order valence-corrected chi connectivity index (χ3v) is 8.91. The van der Waals surface area contributed by atoms with Gasteiger partial charge in [-0.3, -0.25) is 4.79 Å². The lowest BCUT2D eigenvalue weighted by Crippen LogP contribution is -2.65. The van der Waals surface area contributed by atoms with Gasteiger partial charge in [-0.05, 0) is 77.1 Å². The number of carbonyl (C=O) groups is 2. The maximum atomic E-state index is 13.3. The van der Waals surface area contributed by atoms with Gasteiger partial charge in [0.25, 0.3) is 0 Å². The standard InChI is InChI=1S/C30H45NO8/c1-8-37-26(32)20-15-25-29(16-20)19-31(27(33)39-28(2,3)4)14-13-24(29)21(17-30(25,35-6)36-7)18-38-23-11-9-22(34-5)10-12-23/h9-12,20-21,24-25H,8,13-19H2,1-7H3/t20-,21+,24-,25+,29+/m0/s1. The summed E-state index contributed by atoms with van der Waals surface area (Å²) < 4.78 is 35.2. The van der Waals surface area contributed by atoms with Crippen molar-refractivity contribution in [3.8, 4) is 11.5 Å². The third kappa shape index (κ3) is 5.85. The summed E-state index contributed by atoms with van der Waals surface area (Å²) in [5.74, 6) is 0.329. The van der Waals surface area contributed by atoms with E-state index in [1.165, 1.54) is 0 Å². The molecule has 2 saturated carbocycles. The van der Waals surface area contributed by atoms with Crippen LogP contribution in [-0.4, -0.2) is 76.0 Å². The number of benzene rings is 1. The van der Waals surface area contributed by atoms with Gasteiger partial charge in [-0.2, -0.15) is 0 Å². The topological polar surface area (TPSA) is 92.8 Å². The molecule has 5 atom stereocenters. The monoisotopic (exact) mass is 547 g/mol. The molecule has 0 radical (unpaired) electrons. The molecular weight excluding hydrogens is 502 g/mol. The highest BCUT2D eigenvalue weighted by Gasteiger charge is 2.68. The molecule has 218 valence electrons. The molecule has 3 fully saturated rings. The van der Waals surface area contributed by atoms with Gasteiger partial charge in [-0.25, -0.2) is 4.79 Å². The van der Waals surface area contributed by atoms with Gasteiger partial charge in [0.15, 0.2) is 5.79 Å². The second-order valence-electron chi connectivity index (χ2n) is 12.1. The van der Waals surface area contributed by atoms with Crippen LogP contribution < -0.4 is 9.47 Å². The number of esters is 1. The first-order valence-electron chi connectivity index (χ1n) is 14.0. The minimum atomic E-state index is -0.914. The molecule has 0 unspecified atom stereocenters. The van der Waals surface area contributed by atoms with Crippen LogP contribution in [0.3, 0.4) is 0 Å². The van der Waals surface area contributed by atoms with Crippen LogP contribution in [0.1, 0.15) is 53.4 Å². The van der Waals surface area contributed by atoms with Gasteiger partial charge < -0.3 is 33.3 Å². The van der Waals surface area contributed by atoms with Crippen LogP contribution in [-0.2, 0) is 23.7 Å². The second-order valence-corrected chi connectivity index (χ2v) is 12.1. The number of piperidine rings is 1. The summed E-state index contributed by atoms with van der Waals surface area (Å²) in [6.07, 6.45) is 2.28. The van der Waals surface area contributed by atoms with E-state index in [1.54, 1.807) is 21.3 Å². The maximum Gasteiger partial charge on any atom is 0.410 e. The second kappa shape index (κ2) is 11.5. The molecule has 2 aliphatic carbocycles. The Kier molecular flexibility index (Phi) is 8.71. The number of rotatable bonds is 8. The zero-order chi connectivity index (χ0) is 28.4. The van der Waals surface area contributed by atoms with Crippen molar-refractivity contribution in [2.75, 3.05) is 47.6 Å². The van der Waals surface area contributed by atoms with E-state index in [0.717, 1.165) is 17.9 Å². The Morgan fingerprint density at radius 1 is 1.03 bits per heavy atom. The van der Waals surface area contributed by atoms with Crippen molar-refractivity contribution in [2.24, 2.45) is 29.1 Å². The molecule has 1 aromatic rings. The van der Waals surface area contributed by atoms with Crippen LogP contribution >= 0.6 is 0 Å². The Bertz CT molecular complexity index is 1000. The molecule has 1 heterocycles. The van der Waals surface area contributed by atoms with Crippen molar-refractivity contribution in [1.82, 2.24) is 4.90 Å². The SMILES string of the molecule is CCOC(=O)[C@H]1C[C@H]2C(OC)(OC)C[C@H](COc3ccc(OC)cc3)[C@@H]3CCN(C(=O)OC(C)(C)C)C[C@]32C1. The molecule has 39 heavy (non-hydrogen) atoms. The highest BCUT2D eigenvalue weighted by atomic mass is 16.7. The van der Waals surface area contributed by atoms with Gasteiger partial charge in [-0.15, -0.1) is 0 Å². The molecule has 0 aromatic heterocycles. The zero-order valence-electron chi connectivity index (χ0n) is 24.5. The van der Waals surface area contributed by atoms with Crippen molar-refractivity contribution in [2.45, 2.75) is 64.8 Å². The predicted molar refractivity (Wildman–Crippen MR) is 145 cm³/mol. The third-order valence-electron chi connectivity index (χ3n) is 8.91. The molecule has 0 bridgehead atoms. The molecule has 3 aliphatic rings. The van der Waals surface area contributed by atoms with Crippen LogP contribution in [0.5, 0.6) is 11.5 Å². The van der Waals surface area contributed by atoms with Gasteiger partial charge in [0.2, 0.25) is 0 Å². The Balaban J connectivity index is 1.68. The molecule has 1 aliphatic heterocycles. The summed E-state index contributed by atoms with van der Waals surface area (Å²) in [5, 5.41) is 0. The summed E-state index contributed by atoms with van der Waals surface area (Å²) >= 11 is 0. The summed E-state index contributed by atoms with van der Waals surface area (Å²) in [6.45, 7) is 9.31. The summed E-state index contributed by atoms with van der Waals surface area (Å²) in [5.41, 5.74) is -1.01. The Morgan fingerprint density at radius 2 is 1.69 bits per heavy atom. The number of hydrogen-bond acceptors (Lipinski definition) is 8. The number of carbonyl (C=O) groups excluding carboxylic acids is 2. The Morgan fingerprint density at radius 3 is 2.28 bits per heavy atom. The van der Waals surface area contributed by atoms with E-state index in [4.69, 9.17) is 28.4 Å². The van der Waals surface area contributed by atoms with E-state index in [1.807, 2.05) is 56.9 Å². The largest absolute Gasteiger partial charge is 0.497 e. The molecule has 4 rings (SSSR count). The fourth-order valence-corrected chi connectivity index (χ4v) is 7.40. The number of likely N-dealkylation sites (tertiary alicyclic amines) is 1. The number of nitrogens with zero attached hydrogens (tertiary/aromatic N) is 1. The fourth-order valence-electron chi connectivity index (χ4n) is 7.40. The lowest BCUT2D eigenvalue weighted by molar-refractivity contribution is -0.303. The number of amides is 1. The molecular formula is C30H45NO8. The zero-order valence-corrected chi connectivity index (χ0v) is 24.5. The van der Waals surface area contributed by atoms with Crippen LogP contribution in [0.4, 0.5) is 4.79 Å². The van der Waals surface area contributed by atoms with Crippen molar-refractivity contribution in [3.05, 3.63) is 24.3 Å². The van der Waals surface area contributed by atoms with E-state index < -0.39 is 16.8 Å². The molecule has 1 aromatic carbocycles. The van der Waals surface area contributed by atoms with Gasteiger partial charge in [-0.1, -0.05) is 0 Å². The smallest absolute Gasteiger partial charge is 0.410 e. The molecule has 1 amide bonds. The Hall–Kier alpha value is -2.52. The van der Waals surface area contributed by atoms with Crippen LogP contribution in [0.2, 0.25) is 0 Å². The van der Waals surface area contributed by atoms with E-state index >= 15 is 0 Å². The average molecular weight is 548 g/mol. The van der Waals surface area contributed by atoms with Gasteiger partial charge in [0.1, 0.15) is 17.1 Å². The summed E-state index contributed by atoms with van der Waals surface area (Å²) in [7, 11) is 4.98. The number of hydrogen-bond donors (Lipinski definition) is 0.